The van der Waals surface area contributed by atoms with Gasteiger partial charge in [0.05, 0.1) is 0 Å². The Morgan fingerprint density at radius 2 is 1.75 bits per heavy atom. The average Bonchev–Trinajstić information content (AvgIpc) is 2.30. The molecule has 0 amide bonds. The van der Waals surface area contributed by atoms with Crippen molar-refractivity contribution in [3.8, 4) is 11.1 Å². The molecule has 0 radical (unpaired) electrons. The maximum atomic E-state index is 3.49. The maximum Gasteiger partial charge on any atom is 0.0202 e. The van der Waals surface area contributed by atoms with E-state index in [2.05, 4.69) is 63.7 Å². The fraction of sp³-hybridized carbons (Fsp3) is 0.143. The monoisotopic (exact) mass is 275 g/mol. The summed E-state index contributed by atoms with van der Waals surface area (Å²) >= 11 is 3.49. The van der Waals surface area contributed by atoms with E-state index in [1.54, 1.807) is 0 Å². The van der Waals surface area contributed by atoms with E-state index in [4.69, 9.17) is 0 Å². The Morgan fingerprint density at radius 3 is 2.38 bits per heavy atom. The fourth-order valence-corrected chi connectivity index (χ4v) is 2.09. The first kappa shape index (κ1) is 11.4. The van der Waals surface area contributed by atoms with Gasteiger partial charge in [0.25, 0.3) is 0 Å². The second-order valence-electron chi connectivity index (χ2n) is 3.74. The fourth-order valence-electron chi connectivity index (χ4n) is 1.69. The average molecular weight is 276 g/mol. The van der Waals surface area contributed by atoms with Gasteiger partial charge in [-0.1, -0.05) is 52.3 Å². The summed E-state index contributed by atoms with van der Waals surface area (Å²) in [5.41, 5.74) is 3.80. The van der Waals surface area contributed by atoms with Crippen LogP contribution < -0.4 is 5.32 Å². The van der Waals surface area contributed by atoms with Gasteiger partial charge in [0.1, 0.15) is 0 Å². The van der Waals surface area contributed by atoms with Gasteiger partial charge in [0.2, 0.25) is 0 Å². The highest BCUT2D eigenvalue weighted by Crippen LogP contribution is 2.23. The van der Waals surface area contributed by atoms with Crippen molar-refractivity contribution < 1.29 is 0 Å². The molecule has 0 bridgehead atoms. The second kappa shape index (κ2) is 5.28. The van der Waals surface area contributed by atoms with Crippen LogP contribution in [-0.4, -0.2) is 7.05 Å². The number of hydrogen-bond acceptors (Lipinski definition) is 1. The molecule has 0 aliphatic rings. The van der Waals surface area contributed by atoms with Crippen molar-refractivity contribution in [3.63, 3.8) is 0 Å². The highest BCUT2D eigenvalue weighted by molar-refractivity contribution is 9.10. The Morgan fingerprint density at radius 1 is 1.00 bits per heavy atom. The summed E-state index contributed by atoms with van der Waals surface area (Å²) in [6.45, 7) is 0.915. The lowest BCUT2D eigenvalue weighted by Gasteiger charge is -2.04. The summed E-state index contributed by atoms with van der Waals surface area (Å²) in [4.78, 5) is 0. The van der Waals surface area contributed by atoms with E-state index in [0.29, 0.717) is 0 Å². The van der Waals surface area contributed by atoms with E-state index in [9.17, 15) is 0 Å². The van der Waals surface area contributed by atoms with Crippen LogP contribution in [0.2, 0.25) is 0 Å². The van der Waals surface area contributed by atoms with E-state index in [-0.39, 0.29) is 0 Å². The first-order valence-corrected chi connectivity index (χ1v) is 6.08. The van der Waals surface area contributed by atoms with Gasteiger partial charge in [-0.3, -0.25) is 0 Å². The van der Waals surface area contributed by atoms with E-state index in [1.807, 2.05) is 13.1 Å². The molecule has 0 aliphatic carbocycles. The van der Waals surface area contributed by atoms with Gasteiger partial charge in [0.15, 0.2) is 0 Å². The van der Waals surface area contributed by atoms with E-state index >= 15 is 0 Å². The van der Waals surface area contributed by atoms with Gasteiger partial charge in [-0.25, -0.2) is 0 Å². The van der Waals surface area contributed by atoms with Crippen LogP contribution in [0.1, 0.15) is 5.56 Å². The van der Waals surface area contributed by atoms with Crippen molar-refractivity contribution in [2.24, 2.45) is 0 Å². The van der Waals surface area contributed by atoms with E-state index in [0.717, 1.165) is 11.0 Å². The minimum atomic E-state index is 0.915. The zero-order valence-electron chi connectivity index (χ0n) is 9.20. The standard InChI is InChI=1S/C14H14BrN/c1-16-10-11-5-7-12(8-6-11)13-3-2-4-14(15)9-13/h2-9,16H,10H2,1H3. The molecule has 16 heavy (non-hydrogen) atoms. The first-order chi connectivity index (χ1) is 7.79. The Balaban J connectivity index is 2.27. The molecule has 2 rings (SSSR count). The van der Waals surface area contributed by atoms with Crippen LogP contribution in [0.5, 0.6) is 0 Å². The molecule has 0 spiro atoms. The van der Waals surface area contributed by atoms with Gasteiger partial charge in [-0.2, -0.15) is 0 Å². The van der Waals surface area contributed by atoms with Crippen molar-refractivity contribution in [2.75, 3.05) is 7.05 Å². The summed E-state index contributed by atoms with van der Waals surface area (Å²) in [5, 5.41) is 3.14. The summed E-state index contributed by atoms with van der Waals surface area (Å²) < 4.78 is 1.12. The van der Waals surface area contributed by atoms with Crippen LogP contribution >= 0.6 is 15.9 Å². The van der Waals surface area contributed by atoms with Gasteiger partial charge < -0.3 is 5.32 Å². The molecule has 1 N–H and O–H groups in total. The van der Waals surface area contributed by atoms with Crippen molar-refractivity contribution in [1.82, 2.24) is 5.32 Å². The lowest BCUT2D eigenvalue weighted by atomic mass is 10.0. The number of benzene rings is 2. The van der Waals surface area contributed by atoms with Crippen molar-refractivity contribution in [1.29, 1.82) is 0 Å². The van der Waals surface area contributed by atoms with Crippen LogP contribution in [0.4, 0.5) is 0 Å². The van der Waals surface area contributed by atoms with Crippen LogP contribution in [0.3, 0.4) is 0 Å². The molecule has 0 unspecified atom stereocenters. The van der Waals surface area contributed by atoms with Crippen molar-refractivity contribution in [2.45, 2.75) is 6.54 Å². The smallest absolute Gasteiger partial charge is 0.0202 e. The highest BCUT2D eigenvalue weighted by atomic mass is 79.9. The Kier molecular flexibility index (Phi) is 3.75. The third kappa shape index (κ3) is 2.71. The van der Waals surface area contributed by atoms with Gasteiger partial charge in [-0.15, -0.1) is 0 Å². The van der Waals surface area contributed by atoms with Gasteiger partial charge in [0, 0.05) is 11.0 Å². The van der Waals surface area contributed by atoms with E-state index < -0.39 is 0 Å². The molecular weight excluding hydrogens is 262 g/mol. The molecule has 2 heteroatoms. The number of rotatable bonds is 3. The third-order valence-electron chi connectivity index (χ3n) is 2.49. The first-order valence-electron chi connectivity index (χ1n) is 5.29. The third-order valence-corrected chi connectivity index (χ3v) is 2.99. The Bertz CT molecular complexity index is 462. The lowest BCUT2D eigenvalue weighted by molar-refractivity contribution is 0.818. The molecule has 82 valence electrons. The summed E-state index contributed by atoms with van der Waals surface area (Å²) in [7, 11) is 1.96. The molecule has 0 aliphatic heterocycles. The maximum absolute atomic E-state index is 3.49. The van der Waals surface area contributed by atoms with Crippen LogP contribution in [-0.2, 0) is 6.54 Å². The van der Waals surface area contributed by atoms with Crippen LogP contribution in [0, 0.1) is 0 Å². The predicted octanol–water partition coefficient (Wildman–Crippen LogP) is 3.84. The molecule has 1 nitrogen and oxygen atoms in total. The number of hydrogen-bond donors (Lipinski definition) is 1. The van der Waals surface area contributed by atoms with Crippen LogP contribution in [0.25, 0.3) is 11.1 Å². The molecule has 0 aromatic heterocycles. The second-order valence-corrected chi connectivity index (χ2v) is 4.65. The Labute approximate surface area is 105 Å². The minimum Gasteiger partial charge on any atom is -0.316 e. The summed E-state index contributed by atoms with van der Waals surface area (Å²) in [6.07, 6.45) is 0. The topological polar surface area (TPSA) is 12.0 Å². The number of halogens is 1. The molecular formula is C14H14BrN. The van der Waals surface area contributed by atoms with Gasteiger partial charge >= 0.3 is 0 Å². The highest BCUT2D eigenvalue weighted by Gasteiger charge is 1.98. The normalized spacial score (nSPS) is 10.4. The van der Waals surface area contributed by atoms with E-state index in [1.165, 1.54) is 16.7 Å². The largest absolute Gasteiger partial charge is 0.316 e. The summed E-state index contributed by atoms with van der Waals surface area (Å²) in [5.74, 6) is 0. The Hall–Kier alpha value is -1.12. The zero-order valence-corrected chi connectivity index (χ0v) is 10.8. The van der Waals surface area contributed by atoms with Crippen LogP contribution in [0.15, 0.2) is 53.0 Å². The van der Waals surface area contributed by atoms with Crippen molar-refractivity contribution in [3.05, 3.63) is 58.6 Å². The summed E-state index contributed by atoms with van der Waals surface area (Å²) in [6, 6.07) is 17.0. The number of nitrogens with one attached hydrogen (secondary N) is 1. The van der Waals surface area contributed by atoms with Gasteiger partial charge in [-0.05, 0) is 35.9 Å². The molecule has 0 atom stereocenters. The minimum absolute atomic E-state index is 0.915. The molecule has 0 fully saturated rings. The SMILES string of the molecule is CNCc1ccc(-c2cccc(Br)c2)cc1. The predicted molar refractivity (Wildman–Crippen MR) is 72.3 cm³/mol. The van der Waals surface area contributed by atoms with Crippen molar-refractivity contribution >= 4 is 15.9 Å². The molecule has 0 saturated carbocycles. The molecule has 0 heterocycles. The quantitative estimate of drug-likeness (QED) is 0.898. The molecule has 0 saturated heterocycles. The molecule has 2 aromatic rings. The lowest BCUT2D eigenvalue weighted by Crippen LogP contribution is -2.04. The zero-order chi connectivity index (χ0) is 11.4. The molecule has 2 aromatic carbocycles.